The Kier molecular flexibility index (Phi) is 4.28. The molecule has 5 heteroatoms. The maximum absolute atomic E-state index is 13.0. The third-order valence-electron chi connectivity index (χ3n) is 4.63. The summed E-state index contributed by atoms with van der Waals surface area (Å²) >= 11 is 0. The Labute approximate surface area is 141 Å². The van der Waals surface area contributed by atoms with Gasteiger partial charge in [0.05, 0.1) is 19.3 Å². The van der Waals surface area contributed by atoms with Crippen LogP contribution in [-0.4, -0.2) is 35.5 Å². The quantitative estimate of drug-likeness (QED) is 0.870. The highest BCUT2D eigenvalue weighted by Gasteiger charge is 2.31. The fourth-order valence-electron chi connectivity index (χ4n) is 3.48. The van der Waals surface area contributed by atoms with Gasteiger partial charge >= 0.3 is 0 Å². The van der Waals surface area contributed by atoms with Crippen molar-refractivity contribution in [1.29, 1.82) is 0 Å². The van der Waals surface area contributed by atoms with Crippen LogP contribution in [0, 0.1) is 0 Å². The molecule has 0 unspecified atom stereocenters. The summed E-state index contributed by atoms with van der Waals surface area (Å²) < 4.78 is 11.1. The first kappa shape index (κ1) is 15.3. The van der Waals surface area contributed by atoms with Crippen LogP contribution in [-0.2, 0) is 9.47 Å². The molecule has 0 radical (unpaired) electrons. The molecule has 0 bridgehead atoms. The zero-order chi connectivity index (χ0) is 16.4. The molecule has 0 aliphatic carbocycles. The Morgan fingerprint density at radius 3 is 2.67 bits per heavy atom. The lowest BCUT2D eigenvalue weighted by atomic mass is 10.0. The van der Waals surface area contributed by atoms with E-state index in [0.29, 0.717) is 18.8 Å². The first-order valence-electron chi connectivity index (χ1n) is 8.37. The first-order chi connectivity index (χ1) is 11.8. The Morgan fingerprint density at radius 1 is 1.08 bits per heavy atom. The van der Waals surface area contributed by atoms with Gasteiger partial charge in [-0.2, -0.15) is 0 Å². The number of nitrogens with zero attached hydrogens (tertiary/aromatic N) is 2. The minimum absolute atomic E-state index is 0.0640. The minimum Gasteiger partial charge on any atom is -0.346 e. The van der Waals surface area contributed by atoms with E-state index < -0.39 is 0 Å². The molecule has 4 rings (SSSR count). The third-order valence-corrected chi connectivity index (χ3v) is 4.63. The molecule has 2 aliphatic heterocycles. The number of hydrogen-bond donors (Lipinski definition) is 0. The van der Waals surface area contributed by atoms with Crippen molar-refractivity contribution in [2.45, 2.75) is 25.2 Å². The summed E-state index contributed by atoms with van der Waals surface area (Å²) in [6.45, 7) is 1.98. The summed E-state index contributed by atoms with van der Waals surface area (Å²) in [5.41, 5.74) is 2.74. The second-order valence-electron chi connectivity index (χ2n) is 6.14. The molecule has 0 saturated carbocycles. The molecule has 2 saturated heterocycles. The number of aromatic nitrogens is 1. The Balaban J connectivity index is 1.57. The van der Waals surface area contributed by atoms with Crippen LogP contribution < -0.4 is 0 Å². The van der Waals surface area contributed by atoms with Crippen molar-refractivity contribution in [1.82, 2.24) is 9.88 Å². The van der Waals surface area contributed by atoms with Gasteiger partial charge in [-0.25, -0.2) is 0 Å². The van der Waals surface area contributed by atoms with Crippen LogP contribution in [0.2, 0.25) is 0 Å². The predicted octanol–water partition coefficient (Wildman–Crippen LogP) is 3.10. The molecule has 0 spiro atoms. The van der Waals surface area contributed by atoms with Gasteiger partial charge in [-0.1, -0.05) is 12.1 Å². The fourth-order valence-corrected chi connectivity index (χ4v) is 3.48. The van der Waals surface area contributed by atoms with Crippen LogP contribution in [0.5, 0.6) is 0 Å². The number of pyridine rings is 1. The normalized spacial score (nSPS) is 21.3. The van der Waals surface area contributed by atoms with E-state index in [2.05, 4.69) is 4.98 Å². The molecule has 2 aliphatic rings. The van der Waals surface area contributed by atoms with E-state index in [-0.39, 0.29) is 18.2 Å². The van der Waals surface area contributed by atoms with Crippen molar-refractivity contribution >= 4 is 5.91 Å². The van der Waals surface area contributed by atoms with E-state index in [4.69, 9.17) is 9.47 Å². The second kappa shape index (κ2) is 6.71. The molecule has 5 nitrogen and oxygen atoms in total. The molecule has 1 amide bonds. The highest BCUT2D eigenvalue weighted by molar-refractivity contribution is 5.94. The van der Waals surface area contributed by atoms with Gasteiger partial charge in [-0.15, -0.1) is 0 Å². The maximum atomic E-state index is 13.0. The van der Waals surface area contributed by atoms with E-state index in [9.17, 15) is 4.79 Å². The molecule has 2 aromatic rings. The number of carbonyl (C=O) groups excluding carboxylic acids is 1. The lowest BCUT2D eigenvalue weighted by Gasteiger charge is -2.25. The number of carbonyl (C=O) groups is 1. The van der Waals surface area contributed by atoms with E-state index in [1.807, 2.05) is 41.3 Å². The van der Waals surface area contributed by atoms with Crippen molar-refractivity contribution in [2.24, 2.45) is 0 Å². The smallest absolute Gasteiger partial charge is 0.254 e. The summed E-state index contributed by atoms with van der Waals surface area (Å²) in [4.78, 5) is 19.1. The fraction of sp³-hybridized carbons (Fsp3) is 0.368. The van der Waals surface area contributed by atoms with Crippen molar-refractivity contribution in [3.8, 4) is 0 Å². The molecular formula is C19H20N2O3. The molecule has 2 fully saturated rings. The number of benzene rings is 1. The standard InChI is InChI=1S/C19H20N2O3/c22-18(15-3-1-4-16(13-15)19-23-11-12-24-19)21-10-2-5-17(21)14-6-8-20-9-7-14/h1,3-4,6-9,13,17,19H,2,5,10-12H2/t17-/m1/s1. The van der Waals surface area contributed by atoms with Crippen molar-refractivity contribution in [3.63, 3.8) is 0 Å². The van der Waals surface area contributed by atoms with Crippen molar-refractivity contribution in [3.05, 3.63) is 65.5 Å². The van der Waals surface area contributed by atoms with E-state index in [1.54, 1.807) is 12.4 Å². The highest BCUT2D eigenvalue weighted by atomic mass is 16.7. The van der Waals surface area contributed by atoms with Crippen LogP contribution in [0.1, 0.15) is 46.7 Å². The van der Waals surface area contributed by atoms with E-state index >= 15 is 0 Å². The lowest BCUT2D eigenvalue weighted by Crippen LogP contribution is -2.30. The summed E-state index contributed by atoms with van der Waals surface area (Å²) in [6.07, 6.45) is 5.22. The van der Waals surface area contributed by atoms with E-state index in [0.717, 1.165) is 30.5 Å². The Morgan fingerprint density at radius 2 is 1.88 bits per heavy atom. The Hall–Kier alpha value is -2.24. The molecule has 0 N–H and O–H groups in total. The predicted molar refractivity (Wildman–Crippen MR) is 88.3 cm³/mol. The molecule has 1 aromatic carbocycles. The molecule has 1 atom stereocenters. The maximum Gasteiger partial charge on any atom is 0.254 e. The molecule has 124 valence electrons. The minimum atomic E-state index is -0.354. The van der Waals surface area contributed by atoms with Gasteiger partial charge in [0.15, 0.2) is 6.29 Å². The summed E-state index contributed by atoms with van der Waals surface area (Å²) in [6, 6.07) is 11.7. The first-order valence-corrected chi connectivity index (χ1v) is 8.37. The van der Waals surface area contributed by atoms with Crippen LogP contribution in [0.15, 0.2) is 48.8 Å². The van der Waals surface area contributed by atoms with Gasteiger partial charge in [0.25, 0.3) is 5.91 Å². The SMILES string of the molecule is O=C(c1cccc(C2OCCO2)c1)N1CCC[C@@H]1c1ccncc1. The van der Waals surface area contributed by atoms with Gasteiger partial charge in [-0.05, 0) is 42.7 Å². The zero-order valence-corrected chi connectivity index (χ0v) is 13.4. The highest BCUT2D eigenvalue weighted by Crippen LogP contribution is 2.33. The molecule has 3 heterocycles. The second-order valence-corrected chi connectivity index (χ2v) is 6.14. The van der Waals surface area contributed by atoms with Crippen molar-refractivity contribution in [2.75, 3.05) is 19.8 Å². The largest absolute Gasteiger partial charge is 0.346 e. The molecule has 1 aromatic heterocycles. The van der Waals surface area contributed by atoms with Crippen LogP contribution in [0.4, 0.5) is 0 Å². The van der Waals surface area contributed by atoms with Gasteiger partial charge in [0.1, 0.15) is 0 Å². The summed E-state index contributed by atoms with van der Waals surface area (Å²) in [5.74, 6) is 0.0640. The van der Waals surface area contributed by atoms with Gasteiger partial charge in [-0.3, -0.25) is 9.78 Å². The average molecular weight is 324 g/mol. The van der Waals surface area contributed by atoms with Gasteiger partial charge < -0.3 is 14.4 Å². The third kappa shape index (κ3) is 2.92. The summed E-state index contributed by atoms with van der Waals surface area (Å²) in [5, 5.41) is 0. The van der Waals surface area contributed by atoms with Crippen LogP contribution in [0.3, 0.4) is 0 Å². The number of amides is 1. The lowest BCUT2D eigenvalue weighted by molar-refractivity contribution is -0.0441. The molecular weight excluding hydrogens is 304 g/mol. The van der Waals surface area contributed by atoms with Crippen LogP contribution in [0.25, 0.3) is 0 Å². The number of rotatable bonds is 3. The zero-order valence-electron chi connectivity index (χ0n) is 13.4. The number of hydrogen-bond acceptors (Lipinski definition) is 4. The Bertz CT molecular complexity index is 714. The number of ether oxygens (including phenoxy) is 2. The van der Waals surface area contributed by atoms with E-state index in [1.165, 1.54) is 0 Å². The summed E-state index contributed by atoms with van der Waals surface area (Å²) in [7, 11) is 0. The average Bonchev–Trinajstić information content (AvgIpc) is 3.34. The van der Waals surface area contributed by atoms with Gasteiger partial charge in [0, 0.05) is 30.1 Å². The van der Waals surface area contributed by atoms with Gasteiger partial charge in [0.2, 0.25) is 0 Å². The number of likely N-dealkylation sites (tertiary alicyclic amines) is 1. The monoisotopic (exact) mass is 324 g/mol. The molecule has 24 heavy (non-hydrogen) atoms. The van der Waals surface area contributed by atoms with Crippen molar-refractivity contribution < 1.29 is 14.3 Å². The van der Waals surface area contributed by atoms with Crippen LogP contribution >= 0.6 is 0 Å². The topological polar surface area (TPSA) is 51.7 Å².